The molecular formula is C24H31ClN2O5. The predicted octanol–water partition coefficient (Wildman–Crippen LogP) is 5.18. The van der Waals surface area contributed by atoms with Crippen LogP contribution in [0.3, 0.4) is 0 Å². The van der Waals surface area contributed by atoms with Gasteiger partial charge in [0.25, 0.3) is 0 Å². The van der Waals surface area contributed by atoms with Gasteiger partial charge in [-0.15, -0.1) is 0 Å². The van der Waals surface area contributed by atoms with Crippen molar-refractivity contribution in [3.05, 3.63) is 35.0 Å². The first kappa shape index (κ1) is 24.1. The molecule has 1 aromatic heterocycles. The van der Waals surface area contributed by atoms with E-state index in [1.807, 2.05) is 18.2 Å². The molecule has 0 aliphatic carbocycles. The van der Waals surface area contributed by atoms with Gasteiger partial charge in [0.05, 0.1) is 23.6 Å². The van der Waals surface area contributed by atoms with Crippen LogP contribution in [0, 0.1) is 11.8 Å². The maximum Gasteiger partial charge on any atom is 0.410 e. The number of ether oxygens (including phenoxy) is 2. The van der Waals surface area contributed by atoms with E-state index in [1.165, 1.54) is 4.90 Å². The highest BCUT2D eigenvalue weighted by molar-refractivity contribution is 6.32. The van der Waals surface area contributed by atoms with Crippen molar-refractivity contribution < 1.29 is 24.2 Å². The fraction of sp³-hybridized carbons (Fsp3) is 0.542. The summed E-state index contributed by atoms with van der Waals surface area (Å²) >= 11 is 6.45. The summed E-state index contributed by atoms with van der Waals surface area (Å²) in [5.74, 6) is -0.753. The van der Waals surface area contributed by atoms with Crippen LogP contribution < -0.4 is 4.74 Å². The highest BCUT2D eigenvalue weighted by atomic mass is 35.5. The lowest BCUT2D eigenvalue weighted by Gasteiger charge is -2.37. The largest absolute Gasteiger partial charge is 0.497 e. The number of fused-ring (bicyclic) bond motifs is 1. The number of amides is 1. The Morgan fingerprint density at radius 3 is 2.72 bits per heavy atom. The number of aryl methyl sites for hydroxylation is 1. The molecule has 2 aromatic rings. The van der Waals surface area contributed by atoms with Crippen molar-refractivity contribution in [3.63, 3.8) is 0 Å². The van der Waals surface area contributed by atoms with E-state index in [2.05, 4.69) is 4.98 Å². The van der Waals surface area contributed by atoms with E-state index >= 15 is 0 Å². The molecule has 0 bridgehead atoms. The second-order valence-corrected chi connectivity index (χ2v) is 9.69. The number of aromatic nitrogens is 1. The summed E-state index contributed by atoms with van der Waals surface area (Å²) in [6, 6.07) is 5.70. The number of pyridine rings is 1. The van der Waals surface area contributed by atoms with Crippen molar-refractivity contribution in [1.29, 1.82) is 0 Å². The predicted molar refractivity (Wildman–Crippen MR) is 123 cm³/mol. The van der Waals surface area contributed by atoms with Gasteiger partial charge in [-0.3, -0.25) is 9.78 Å². The number of aliphatic carboxylic acids is 1. The van der Waals surface area contributed by atoms with E-state index in [4.69, 9.17) is 21.1 Å². The van der Waals surface area contributed by atoms with Crippen LogP contribution in [-0.4, -0.2) is 52.9 Å². The number of halogens is 1. The SMILES string of the molecule is COc1ccc2ncc(Cl)c(CCCC3CCN(C(=O)OC(C)(C)C)CC3C(=O)O)c2c1. The van der Waals surface area contributed by atoms with Gasteiger partial charge in [0, 0.05) is 24.7 Å². The highest BCUT2D eigenvalue weighted by Gasteiger charge is 2.37. The monoisotopic (exact) mass is 462 g/mol. The number of hydrogen-bond acceptors (Lipinski definition) is 5. The number of nitrogens with zero attached hydrogens (tertiary/aromatic N) is 2. The molecule has 0 saturated carbocycles. The number of likely N-dealkylation sites (tertiary alicyclic amines) is 1. The van der Waals surface area contributed by atoms with Gasteiger partial charge in [-0.25, -0.2) is 4.79 Å². The van der Waals surface area contributed by atoms with Crippen LogP contribution in [0.5, 0.6) is 5.75 Å². The molecule has 3 rings (SSSR count). The summed E-state index contributed by atoms with van der Waals surface area (Å²) in [5, 5.41) is 11.3. The summed E-state index contributed by atoms with van der Waals surface area (Å²) in [6.07, 6.45) is 4.08. The van der Waals surface area contributed by atoms with Crippen LogP contribution >= 0.6 is 11.6 Å². The number of methoxy groups -OCH3 is 1. The Kier molecular flexibility index (Phi) is 7.49. The number of rotatable bonds is 6. The number of benzene rings is 1. The number of piperidine rings is 1. The second-order valence-electron chi connectivity index (χ2n) is 9.28. The second kappa shape index (κ2) is 9.94. The standard InChI is InChI=1S/C24H31ClN2O5/c1-24(2,3)32-23(30)27-11-10-15(19(14-27)22(28)29)6-5-7-17-18-12-16(31-4)8-9-21(18)26-13-20(17)25/h8-9,12-13,15,19H,5-7,10-11,14H2,1-4H3,(H,28,29). The fourth-order valence-electron chi connectivity index (χ4n) is 4.24. The third kappa shape index (κ3) is 5.82. The van der Waals surface area contributed by atoms with Gasteiger partial charge in [-0.1, -0.05) is 11.6 Å². The van der Waals surface area contributed by atoms with Crippen LogP contribution in [-0.2, 0) is 16.0 Å². The Bertz CT molecular complexity index is 988. The average molecular weight is 463 g/mol. The molecule has 7 nitrogen and oxygen atoms in total. The van der Waals surface area contributed by atoms with E-state index in [0.717, 1.165) is 35.1 Å². The molecule has 2 unspecified atom stereocenters. The van der Waals surface area contributed by atoms with Crippen molar-refractivity contribution in [2.45, 2.75) is 52.1 Å². The first-order valence-corrected chi connectivity index (χ1v) is 11.3. The first-order chi connectivity index (χ1) is 15.1. The van der Waals surface area contributed by atoms with Gasteiger partial charge in [-0.2, -0.15) is 0 Å². The number of carbonyl (C=O) groups is 2. The summed E-state index contributed by atoms with van der Waals surface area (Å²) < 4.78 is 10.8. The molecule has 0 spiro atoms. The Morgan fingerprint density at radius 2 is 2.06 bits per heavy atom. The van der Waals surface area contributed by atoms with E-state index in [1.54, 1.807) is 34.1 Å². The van der Waals surface area contributed by atoms with Crippen LogP contribution in [0.4, 0.5) is 4.79 Å². The zero-order chi connectivity index (χ0) is 23.5. The molecule has 174 valence electrons. The topological polar surface area (TPSA) is 89.0 Å². The molecule has 1 aliphatic heterocycles. The Labute approximate surface area is 193 Å². The minimum absolute atomic E-state index is 0.00685. The van der Waals surface area contributed by atoms with Gasteiger partial charge < -0.3 is 19.5 Å². The summed E-state index contributed by atoms with van der Waals surface area (Å²) in [5.41, 5.74) is 1.23. The summed E-state index contributed by atoms with van der Waals surface area (Å²) in [7, 11) is 1.62. The lowest BCUT2D eigenvalue weighted by molar-refractivity contribution is -0.145. The molecule has 1 fully saturated rings. The van der Waals surface area contributed by atoms with E-state index in [0.29, 0.717) is 24.4 Å². The number of carboxylic acids is 1. The minimum atomic E-state index is -0.875. The van der Waals surface area contributed by atoms with Crippen molar-refractivity contribution >= 4 is 34.6 Å². The zero-order valence-electron chi connectivity index (χ0n) is 19.1. The maximum absolute atomic E-state index is 12.4. The van der Waals surface area contributed by atoms with Crippen molar-refractivity contribution in [2.75, 3.05) is 20.2 Å². The lowest BCUT2D eigenvalue weighted by atomic mass is 9.81. The van der Waals surface area contributed by atoms with Crippen molar-refractivity contribution in [3.8, 4) is 5.75 Å². The van der Waals surface area contributed by atoms with Crippen molar-refractivity contribution in [2.24, 2.45) is 11.8 Å². The van der Waals surface area contributed by atoms with Crippen molar-refractivity contribution in [1.82, 2.24) is 9.88 Å². The number of carboxylic acid groups (broad SMARTS) is 1. The highest BCUT2D eigenvalue weighted by Crippen LogP contribution is 2.32. The van der Waals surface area contributed by atoms with Crippen LogP contribution in [0.2, 0.25) is 5.02 Å². The molecule has 0 radical (unpaired) electrons. The molecule has 1 aromatic carbocycles. The van der Waals surface area contributed by atoms with Gasteiger partial charge in [0.2, 0.25) is 0 Å². The molecule has 1 saturated heterocycles. The summed E-state index contributed by atoms with van der Waals surface area (Å²) in [6.45, 7) is 6.08. The number of carbonyl (C=O) groups excluding carboxylic acids is 1. The lowest BCUT2D eigenvalue weighted by Crippen LogP contribution is -2.48. The molecule has 2 heterocycles. The minimum Gasteiger partial charge on any atom is -0.497 e. The third-order valence-electron chi connectivity index (χ3n) is 5.86. The maximum atomic E-state index is 12.4. The molecule has 1 amide bonds. The smallest absolute Gasteiger partial charge is 0.410 e. The van der Waals surface area contributed by atoms with E-state index in [-0.39, 0.29) is 12.5 Å². The van der Waals surface area contributed by atoms with E-state index in [9.17, 15) is 14.7 Å². The summed E-state index contributed by atoms with van der Waals surface area (Å²) in [4.78, 5) is 30.2. The number of hydrogen-bond donors (Lipinski definition) is 1. The molecule has 1 aliphatic rings. The molecule has 1 N–H and O–H groups in total. The van der Waals surface area contributed by atoms with E-state index < -0.39 is 23.6 Å². The quantitative estimate of drug-likeness (QED) is 0.636. The zero-order valence-corrected chi connectivity index (χ0v) is 19.8. The average Bonchev–Trinajstić information content (AvgIpc) is 2.73. The molecule has 8 heteroatoms. The normalized spacial score (nSPS) is 19.1. The van der Waals surface area contributed by atoms with Crippen LogP contribution in [0.1, 0.15) is 45.6 Å². The Hall–Kier alpha value is -2.54. The third-order valence-corrected chi connectivity index (χ3v) is 6.19. The van der Waals surface area contributed by atoms with Gasteiger partial charge in [0.15, 0.2) is 0 Å². The molecule has 2 atom stereocenters. The Balaban J connectivity index is 1.66. The van der Waals surface area contributed by atoms with Gasteiger partial charge in [0.1, 0.15) is 11.4 Å². The first-order valence-electron chi connectivity index (χ1n) is 10.9. The molecule has 32 heavy (non-hydrogen) atoms. The van der Waals surface area contributed by atoms with Crippen LogP contribution in [0.25, 0.3) is 10.9 Å². The van der Waals surface area contributed by atoms with Gasteiger partial charge in [-0.05, 0) is 76.1 Å². The van der Waals surface area contributed by atoms with Gasteiger partial charge >= 0.3 is 12.1 Å². The van der Waals surface area contributed by atoms with Crippen LogP contribution in [0.15, 0.2) is 24.4 Å². The fourth-order valence-corrected chi connectivity index (χ4v) is 4.49. The Morgan fingerprint density at radius 1 is 1.31 bits per heavy atom. The molecular weight excluding hydrogens is 432 g/mol.